The number of fused-ring (bicyclic) bond motifs is 1. The topological polar surface area (TPSA) is 36.3 Å². The molecule has 0 spiro atoms. The molecule has 0 unspecified atom stereocenters. The number of rotatable bonds is 5. The zero-order valence-corrected chi connectivity index (χ0v) is 14.7. The van der Waals surface area contributed by atoms with Gasteiger partial charge in [-0.15, -0.1) is 0 Å². The molecule has 24 heavy (non-hydrogen) atoms. The Kier molecular flexibility index (Phi) is 4.47. The Hall–Kier alpha value is -2.49. The zero-order chi connectivity index (χ0) is 17.2. The minimum absolute atomic E-state index is 0.0243. The van der Waals surface area contributed by atoms with Crippen LogP contribution in [0.25, 0.3) is 11.0 Å². The lowest BCUT2D eigenvalue weighted by atomic mass is 9.95. The fourth-order valence-corrected chi connectivity index (χ4v) is 2.86. The van der Waals surface area contributed by atoms with E-state index in [4.69, 9.17) is 14.5 Å². The van der Waals surface area contributed by atoms with E-state index in [9.17, 15) is 0 Å². The van der Waals surface area contributed by atoms with Gasteiger partial charge >= 0.3 is 0 Å². The van der Waals surface area contributed by atoms with E-state index in [1.807, 2.05) is 36.4 Å². The fraction of sp³-hybridized carbons (Fsp3) is 0.350. The van der Waals surface area contributed by atoms with Gasteiger partial charge in [0.2, 0.25) is 0 Å². The molecule has 4 heteroatoms. The summed E-state index contributed by atoms with van der Waals surface area (Å²) in [5, 5.41) is 0. The highest BCUT2D eigenvalue weighted by Crippen LogP contribution is 2.28. The predicted octanol–water partition coefficient (Wildman–Crippen LogP) is 4.42. The zero-order valence-electron chi connectivity index (χ0n) is 14.7. The van der Waals surface area contributed by atoms with Crippen molar-refractivity contribution in [2.45, 2.75) is 32.7 Å². The van der Waals surface area contributed by atoms with Gasteiger partial charge in [-0.2, -0.15) is 0 Å². The van der Waals surface area contributed by atoms with Gasteiger partial charge in [-0.3, -0.25) is 0 Å². The molecule has 0 atom stereocenters. The maximum atomic E-state index is 5.94. The van der Waals surface area contributed by atoms with Crippen LogP contribution < -0.4 is 9.47 Å². The average molecular weight is 324 g/mol. The first-order chi connectivity index (χ1) is 11.5. The Morgan fingerprint density at radius 1 is 0.958 bits per heavy atom. The number of benzene rings is 2. The molecule has 1 heterocycles. The summed E-state index contributed by atoms with van der Waals surface area (Å²) >= 11 is 0. The summed E-state index contributed by atoms with van der Waals surface area (Å²) in [7, 11) is 1.66. The van der Waals surface area contributed by atoms with Crippen molar-refractivity contribution in [3.8, 4) is 11.5 Å². The van der Waals surface area contributed by atoms with E-state index in [1.54, 1.807) is 7.11 Å². The van der Waals surface area contributed by atoms with E-state index in [0.29, 0.717) is 6.61 Å². The van der Waals surface area contributed by atoms with Crippen molar-refractivity contribution in [2.24, 2.45) is 0 Å². The van der Waals surface area contributed by atoms with Crippen LogP contribution >= 0.6 is 0 Å². The molecule has 0 aliphatic heterocycles. The van der Waals surface area contributed by atoms with Gasteiger partial charge in [0.1, 0.15) is 12.4 Å². The smallest absolute Gasteiger partial charge is 0.161 e. The number of aromatic nitrogens is 2. The highest BCUT2D eigenvalue weighted by molar-refractivity contribution is 5.76. The van der Waals surface area contributed by atoms with Gasteiger partial charge in [-0.05, 0) is 24.3 Å². The quantitative estimate of drug-likeness (QED) is 0.697. The van der Waals surface area contributed by atoms with Gasteiger partial charge in [-0.1, -0.05) is 45.0 Å². The second-order valence-corrected chi connectivity index (χ2v) is 6.83. The molecular formula is C20H24N2O2. The van der Waals surface area contributed by atoms with Crippen LogP contribution in [0, 0.1) is 0 Å². The Bertz CT molecular complexity index is 831. The first-order valence-electron chi connectivity index (χ1n) is 8.22. The summed E-state index contributed by atoms with van der Waals surface area (Å²) in [4.78, 5) is 4.83. The second-order valence-electron chi connectivity index (χ2n) is 6.83. The molecule has 3 aromatic rings. The molecule has 0 amide bonds. The molecule has 1 aromatic heterocycles. The fourth-order valence-electron chi connectivity index (χ4n) is 2.86. The van der Waals surface area contributed by atoms with Gasteiger partial charge in [0.15, 0.2) is 11.5 Å². The highest BCUT2D eigenvalue weighted by atomic mass is 16.5. The van der Waals surface area contributed by atoms with Crippen molar-refractivity contribution in [1.29, 1.82) is 0 Å². The number of methoxy groups -OCH3 is 1. The summed E-state index contributed by atoms with van der Waals surface area (Å²) < 4.78 is 13.5. The van der Waals surface area contributed by atoms with Crippen LogP contribution in [0.3, 0.4) is 0 Å². The molecule has 2 aromatic carbocycles. The van der Waals surface area contributed by atoms with Crippen LogP contribution in [0.2, 0.25) is 0 Å². The first-order valence-corrected chi connectivity index (χ1v) is 8.22. The van der Waals surface area contributed by atoms with Gasteiger partial charge in [0.25, 0.3) is 0 Å². The number of ether oxygens (including phenoxy) is 2. The van der Waals surface area contributed by atoms with Crippen LogP contribution in [0.1, 0.15) is 26.6 Å². The van der Waals surface area contributed by atoms with Gasteiger partial charge in [0.05, 0.1) is 24.7 Å². The van der Waals surface area contributed by atoms with Crippen molar-refractivity contribution in [2.75, 3.05) is 13.7 Å². The minimum atomic E-state index is -0.0243. The molecule has 4 nitrogen and oxygen atoms in total. The molecule has 0 aliphatic rings. The predicted molar refractivity (Wildman–Crippen MR) is 96.9 cm³/mol. The minimum Gasteiger partial charge on any atom is -0.493 e. The summed E-state index contributed by atoms with van der Waals surface area (Å²) in [6.45, 7) is 7.86. The first kappa shape index (κ1) is 16.4. The van der Waals surface area contributed by atoms with Crippen LogP contribution in [-0.2, 0) is 12.0 Å². The van der Waals surface area contributed by atoms with E-state index in [-0.39, 0.29) is 5.41 Å². The maximum absolute atomic E-state index is 5.94. The summed E-state index contributed by atoms with van der Waals surface area (Å²) in [6, 6.07) is 16.0. The summed E-state index contributed by atoms with van der Waals surface area (Å²) in [5.74, 6) is 2.60. The molecule has 0 fully saturated rings. The van der Waals surface area contributed by atoms with E-state index in [2.05, 4.69) is 37.5 Å². The Balaban J connectivity index is 1.84. The van der Waals surface area contributed by atoms with Crippen molar-refractivity contribution in [3.05, 3.63) is 54.4 Å². The van der Waals surface area contributed by atoms with Crippen LogP contribution in [0.5, 0.6) is 11.5 Å². The number of imidazole rings is 1. The third-order valence-corrected chi connectivity index (χ3v) is 3.97. The Labute approximate surface area is 143 Å². The Morgan fingerprint density at radius 3 is 2.33 bits per heavy atom. The standard InChI is InChI=1S/C20H24N2O2/c1-20(2,3)19-21-15-9-5-6-10-16(15)22(19)13-14-24-18-12-8-7-11-17(18)23-4/h5-12H,13-14H2,1-4H3. The number of hydrogen-bond donors (Lipinski definition) is 0. The van der Waals surface area contributed by atoms with Crippen molar-refractivity contribution in [3.63, 3.8) is 0 Å². The third-order valence-electron chi connectivity index (χ3n) is 3.97. The molecule has 0 N–H and O–H groups in total. The molecule has 126 valence electrons. The molecular weight excluding hydrogens is 300 g/mol. The van der Waals surface area contributed by atoms with E-state index in [1.165, 1.54) is 0 Å². The monoisotopic (exact) mass is 324 g/mol. The second kappa shape index (κ2) is 6.56. The normalized spacial score (nSPS) is 11.7. The number of nitrogens with zero attached hydrogens (tertiary/aromatic N) is 2. The van der Waals surface area contributed by atoms with Crippen molar-refractivity contribution >= 4 is 11.0 Å². The van der Waals surface area contributed by atoms with Crippen molar-refractivity contribution in [1.82, 2.24) is 9.55 Å². The van der Waals surface area contributed by atoms with E-state index >= 15 is 0 Å². The van der Waals surface area contributed by atoms with Crippen LogP contribution in [-0.4, -0.2) is 23.3 Å². The van der Waals surface area contributed by atoms with Gasteiger partial charge in [0, 0.05) is 5.41 Å². The van der Waals surface area contributed by atoms with Crippen molar-refractivity contribution < 1.29 is 9.47 Å². The van der Waals surface area contributed by atoms with Crippen LogP contribution in [0.4, 0.5) is 0 Å². The lowest BCUT2D eigenvalue weighted by Crippen LogP contribution is -2.21. The molecule has 0 aliphatic carbocycles. The van der Waals surface area contributed by atoms with E-state index in [0.717, 1.165) is 34.9 Å². The molecule has 0 radical (unpaired) electrons. The SMILES string of the molecule is COc1ccccc1OCCn1c(C(C)(C)C)nc2ccccc21. The lowest BCUT2D eigenvalue weighted by Gasteiger charge is -2.20. The lowest BCUT2D eigenvalue weighted by molar-refractivity contribution is 0.277. The summed E-state index contributed by atoms with van der Waals surface area (Å²) in [5.41, 5.74) is 2.15. The van der Waals surface area contributed by atoms with Gasteiger partial charge < -0.3 is 14.0 Å². The highest BCUT2D eigenvalue weighted by Gasteiger charge is 2.22. The van der Waals surface area contributed by atoms with Gasteiger partial charge in [-0.25, -0.2) is 4.98 Å². The largest absolute Gasteiger partial charge is 0.493 e. The maximum Gasteiger partial charge on any atom is 0.161 e. The summed E-state index contributed by atoms with van der Waals surface area (Å²) in [6.07, 6.45) is 0. The van der Waals surface area contributed by atoms with E-state index < -0.39 is 0 Å². The molecule has 0 saturated heterocycles. The molecule has 0 saturated carbocycles. The average Bonchev–Trinajstić information content (AvgIpc) is 2.94. The van der Waals surface area contributed by atoms with Crippen LogP contribution in [0.15, 0.2) is 48.5 Å². The number of para-hydroxylation sites is 4. The third kappa shape index (κ3) is 3.23. The molecule has 0 bridgehead atoms. The molecule has 3 rings (SSSR count). The number of hydrogen-bond acceptors (Lipinski definition) is 3. The Morgan fingerprint density at radius 2 is 1.62 bits per heavy atom.